The Hall–Kier alpha value is -0.940. The zero-order valence-corrected chi connectivity index (χ0v) is 14.4. The number of aromatic nitrogens is 3. The zero-order chi connectivity index (χ0) is 15.7. The summed E-state index contributed by atoms with van der Waals surface area (Å²) in [6.45, 7) is 14.4. The second kappa shape index (κ2) is 6.05. The monoisotopic (exact) mass is 293 g/mol. The van der Waals surface area contributed by atoms with Gasteiger partial charge < -0.3 is 15.2 Å². The number of nitrogens with zero attached hydrogens (tertiary/aromatic N) is 3. The van der Waals surface area contributed by atoms with Crippen LogP contribution in [0.1, 0.15) is 66.3 Å². The molecule has 0 radical (unpaired) electrons. The van der Waals surface area contributed by atoms with E-state index in [1.54, 1.807) is 0 Å². The minimum absolute atomic E-state index is 0.192. The van der Waals surface area contributed by atoms with Gasteiger partial charge in [0.2, 0.25) is 0 Å². The molecule has 0 bridgehead atoms. The summed E-state index contributed by atoms with van der Waals surface area (Å²) in [4.78, 5) is 0. The van der Waals surface area contributed by atoms with E-state index < -0.39 is 0 Å². The molecule has 0 saturated carbocycles. The number of hydrogen-bond acceptors (Lipinski definition) is 4. The van der Waals surface area contributed by atoms with Crippen LogP contribution in [0.4, 0.5) is 0 Å². The minimum atomic E-state index is 0.192. The lowest BCUT2D eigenvalue weighted by Crippen LogP contribution is -2.61. The second-order valence-electron chi connectivity index (χ2n) is 7.95. The predicted molar refractivity (Wildman–Crippen MR) is 86.4 cm³/mol. The summed E-state index contributed by atoms with van der Waals surface area (Å²) in [6.07, 6.45) is 5.08. The average Bonchev–Trinajstić information content (AvgIpc) is 2.73. The van der Waals surface area contributed by atoms with E-state index in [4.69, 9.17) is 0 Å². The number of nitrogens with one attached hydrogen (secondary N) is 2. The van der Waals surface area contributed by atoms with Crippen LogP contribution in [0.25, 0.3) is 0 Å². The fraction of sp³-hybridized carbons (Fsp3) is 0.875. The van der Waals surface area contributed by atoms with E-state index in [2.05, 4.69) is 66.9 Å². The Morgan fingerprint density at radius 1 is 1.29 bits per heavy atom. The SMILES string of the molecule is CC(C)n1cnnc1CCNC1CC(C)(C)NC(C)(C)C1. The molecule has 1 aromatic rings. The van der Waals surface area contributed by atoms with Crippen molar-refractivity contribution in [1.29, 1.82) is 0 Å². The van der Waals surface area contributed by atoms with Gasteiger partial charge in [-0.25, -0.2) is 0 Å². The molecule has 0 aliphatic carbocycles. The molecule has 1 fully saturated rings. The third-order valence-electron chi connectivity index (χ3n) is 4.18. The van der Waals surface area contributed by atoms with E-state index >= 15 is 0 Å². The van der Waals surface area contributed by atoms with Crippen LogP contribution in [-0.2, 0) is 6.42 Å². The highest BCUT2D eigenvalue weighted by molar-refractivity contribution is 5.00. The summed E-state index contributed by atoms with van der Waals surface area (Å²) in [5.74, 6) is 1.07. The Morgan fingerprint density at radius 2 is 1.90 bits per heavy atom. The van der Waals surface area contributed by atoms with Gasteiger partial charge in [-0.3, -0.25) is 0 Å². The van der Waals surface area contributed by atoms with E-state index in [1.807, 2.05) is 6.33 Å². The molecule has 0 unspecified atom stereocenters. The van der Waals surface area contributed by atoms with Crippen molar-refractivity contribution in [2.45, 2.75) is 84.0 Å². The van der Waals surface area contributed by atoms with Crippen LogP contribution in [0.15, 0.2) is 6.33 Å². The molecule has 0 amide bonds. The van der Waals surface area contributed by atoms with Crippen LogP contribution in [0.2, 0.25) is 0 Å². The fourth-order valence-electron chi connectivity index (χ4n) is 3.73. The van der Waals surface area contributed by atoms with Gasteiger partial charge in [-0.05, 0) is 54.4 Å². The molecule has 1 aliphatic rings. The van der Waals surface area contributed by atoms with Crippen molar-refractivity contribution in [1.82, 2.24) is 25.4 Å². The van der Waals surface area contributed by atoms with Crippen molar-refractivity contribution in [3.05, 3.63) is 12.2 Å². The molecule has 21 heavy (non-hydrogen) atoms. The summed E-state index contributed by atoms with van der Waals surface area (Å²) >= 11 is 0. The van der Waals surface area contributed by atoms with Gasteiger partial charge in [-0.2, -0.15) is 0 Å². The lowest BCUT2D eigenvalue weighted by molar-refractivity contribution is 0.146. The van der Waals surface area contributed by atoms with Crippen molar-refractivity contribution >= 4 is 0 Å². The average molecular weight is 293 g/mol. The van der Waals surface area contributed by atoms with Crippen molar-refractivity contribution in [2.75, 3.05) is 6.54 Å². The molecule has 0 aromatic carbocycles. The van der Waals surface area contributed by atoms with Gasteiger partial charge in [-0.15, -0.1) is 10.2 Å². The van der Waals surface area contributed by atoms with E-state index in [-0.39, 0.29) is 11.1 Å². The first-order valence-electron chi connectivity index (χ1n) is 8.10. The third-order valence-corrected chi connectivity index (χ3v) is 4.18. The predicted octanol–water partition coefficient (Wildman–Crippen LogP) is 2.30. The van der Waals surface area contributed by atoms with Crippen molar-refractivity contribution in [3.8, 4) is 0 Å². The van der Waals surface area contributed by atoms with Crippen molar-refractivity contribution in [3.63, 3.8) is 0 Å². The molecule has 1 aromatic heterocycles. The van der Waals surface area contributed by atoms with Gasteiger partial charge in [0, 0.05) is 36.1 Å². The number of hydrogen-bond donors (Lipinski definition) is 2. The van der Waals surface area contributed by atoms with Gasteiger partial charge in [-0.1, -0.05) is 0 Å². The van der Waals surface area contributed by atoms with Crippen LogP contribution in [0, 0.1) is 0 Å². The molecule has 5 nitrogen and oxygen atoms in total. The molecule has 120 valence electrons. The maximum Gasteiger partial charge on any atom is 0.134 e. The molecule has 2 rings (SSSR count). The maximum atomic E-state index is 4.24. The smallest absolute Gasteiger partial charge is 0.134 e. The molecule has 5 heteroatoms. The molecule has 2 N–H and O–H groups in total. The van der Waals surface area contributed by atoms with Crippen LogP contribution in [-0.4, -0.2) is 38.4 Å². The van der Waals surface area contributed by atoms with Gasteiger partial charge >= 0.3 is 0 Å². The highest BCUT2D eigenvalue weighted by Crippen LogP contribution is 2.28. The van der Waals surface area contributed by atoms with Gasteiger partial charge in [0.05, 0.1) is 0 Å². The number of piperidine rings is 1. The Bertz CT molecular complexity index is 445. The fourth-order valence-corrected chi connectivity index (χ4v) is 3.73. The van der Waals surface area contributed by atoms with E-state index in [0.717, 1.165) is 31.6 Å². The molecular weight excluding hydrogens is 262 g/mol. The first-order chi connectivity index (χ1) is 9.69. The van der Waals surface area contributed by atoms with Crippen LogP contribution < -0.4 is 10.6 Å². The van der Waals surface area contributed by atoms with Crippen LogP contribution >= 0.6 is 0 Å². The Labute approximate surface area is 128 Å². The molecule has 2 heterocycles. The number of rotatable bonds is 5. The Morgan fingerprint density at radius 3 is 2.48 bits per heavy atom. The summed E-state index contributed by atoms with van der Waals surface area (Å²) in [5.41, 5.74) is 0.384. The maximum absolute atomic E-state index is 4.24. The van der Waals surface area contributed by atoms with Crippen molar-refractivity contribution in [2.24, 2.45) is 0 Å². The normalized spacial score (nSPS) is 21.9. The minimum Gasteiger partial charge on any atom is -0.315 e. The Balaban J connectivity index is 1.87. The molecule has 0 atom stereocenters. The lowest BCUT2D eigenvalue weighted by Gasteiger charge is -2.46. The first kappa shape index (κ1) is 16.4. The third kappa shape index (κ3) is 4.51. The van der Waals surface area contributed by atoms with Gasteiger partial charge in [0.1, 0.15) is 12.2 Å². The van der Waals surface area contributed by atoms with Crippen molar-refractivity contribution < 1.29 is 0 Å². The van der Waals surface area contributed by atoms with Crippen LogP contribution in [0.3, 0.4) is 0 Å². The molecule has 1 aliphatic heterocycles. The molecule has 1 saturated heterocycles. The first-order valence-corrected chi connectivity index (χ1v) is 8.10. The quantitative estimate of drug-likeness (QED) is 0.874. The van der Waals surface area contributed by atoms with E-state index in [9.17, 15) is 0 Å². The Kier molecular flexibility index (Phi) is 4.73. The standard InChI is InChI=1S/C16H31N5/c1-12(2)21-11-18-19-14(21)7-8-17-13-9-15(3,4)20-16(5,6)10-13/h11-13,17,20H,7-10H2,1-6H3. The van der Waals surface area contributed by atoms with Gasteiger partial charge in [0.15, 0.2) is 0 Å². The molecular formula is C16H31N5. The molecule has 0 spiro atoms. The topological polar surface area (TPSA) is 54.8 Å². The summed E-state index contributed by atoms with van der Waals surface area (Å²) in [7, 11) is 0. The second-order valence-corrected chi connectivity index (χ2v) is 7.95. The lowest BCUT2D eigenvalue weighted by atomic mass is 9.79. The highest BCUT2D eigenvalue weighted by atomic mass is 15.3. The van der Waals surface area contributed by atoms with E-state index in [1.165, 1.54) is 0 Å². The van der Waals surface area contributed by atoms with Crippen LogP contribution in [0.5, 0.6) is 0 Å². The highest BCUT2D eigenvalue weighted by Gasteiger charge is 2.37. The van der Waals surface area contributed by atoms with Gasteiger partial charge in [0.25, 0.3) is 0 Å². The van der Waals surface area contributed by atoms with E-state index in [0.29, 0.717) is 12.1 Å². The summed E-state index contributed by atoms with van der Waals surface area (Å²) in [6, 6.07) is 0.985. The largest absolute Gasteiger partial charge is 0.315 e. The summed E-state index contributed by atoms with van der Waals surface area (Å²) in [5, 5.41) is 15.7. The zero-order valence-electron chi connectivity index (χ0n) is 14.4. The summed E-state index contributed by atoms with van der Waals surface area (Å²) < 4.78 is 2.15.